The number of aryl methyl sites for hydroxylation is 2. The molecule has 0 bridgehead atoms. The zero-order valence-corrected chi connectivity index (χ0v) is 18.0. The summed E-state index contributed by atoms with van der Waals surface area (Å²) in [5, 5.41) is 0. The third-order valence-electron chi connectivity index (χ3n) is 6.68. The standard InChI is InChI=1S/C28H34O/c1-21-3-11-25(12-4-21)27-15-7-23(8-16-27)19-29-20-24-9-17-28(18-10-24)26-13-5-22(2)6-14-26/h3-7,9,11-14,27-28H,8,10,15-20H2,1-2H3. The van der Waals surface area contributed by atoms with Crippen LogP contribution in [0.5, 0.6) is 0 Å². The van der Waals surface area contributed by atoms with E-state index in [1.54, 1.807) is 0 Å². The monoisotopic (exact) mass is 386 g/mol. The molecule has 4 rings (SSSR count). The Balaban J connectivity index is 1.21. The van der Waals surface area contributed by atoms with Crippen molar-refractivity contribution in [3.05, 3.63) is 94.1 Å². The van der Waals surface area contributed by atoms with Crippen LogP contribution in [0.15, 0.2) is 71.8 Å². The molecule has 0 saturated carbocycles. The Labute approximate surface area is 176 Å². The minimum atomic E-state index is 0.680. The second-order valence-corrected chi connectivity index (χ2v) is 8.98. The lowest BCUT2D eigenvalue weighted by molar-refractivity contribution is 0.172. The molecule has 1 heteroatoms. The van der Waals surface area contributed by atoms with E-state index in [9.17, 15) is 0 Å². The number of benzene rings is 2. The molecule has 0 radical (unpaired) electrons. The zero-order valence-electron chi connectivity index (χ0n) is 18.0. The highest BCUT2D eigenvalue weighted by Gasteiger charge is 2.18. The normalized spacial score (nSPS) is 22.1. The van der Waals surface area contributed by atoms with Crippen molar-refractivity contribution in [3.63, 3.8) is 0 Å². The van der Waals surface area contributed by atoms with Crippen molar-refractivity contribution < 1.29 is 4.74 Å². The Morgan fingerprint density at radius 2 is 1.07 bits per heavy atom. The minimum Gasteiger partial charge on any atom is -0.373 e. The lowest BCUT2D eigenvalue weighted by atomic mass is 9.84. The summed E-state index contributed by atoms with van der Waals surface area (Å²) in [6.45, 7) is 5.92. The summed E-state index contributed by atoms with van der Waals surface area (Å²) in [6, 6.07) is 18.1. The largest absolute Gasteiger partial charge is 0.373 e. The molecular weight excluding hydrogens is 352 g/mol. The maximum absolute atomic E-state index is 6.09. The van der Waals surface area contributed by atoms with Crippen LogP contribution in [-0.2, 0) is 4.74 Å². The van der Waals surface area contributed by atoms with Crippen molar-refractivity contribution in [1.82, 2.24) is 0 Å². The first-order valence-corrected chi connectivity index (χ1v) is 11.2. The SMILES string of the molecule is Cc1ccc(C2CC=C(COCC3=CCC(c4ccc(C)cc4)CC3)CC2)cc1. The van der Waals surface area contributed by atoms with Crippen LogP contribution < -0.4 is 0 Å². The minimum absolute atomic E-state index is 0.680. The van der Waals surface area contributed by atoms with Crippen molar-refractivity contribution in [1.29, 1.82) is 0 Å². The van der Waals surface area contributed by atoms with Crippen molar-refractivity contribution in [3.8, 4) is 0 Å². The van der Waals surface area contributed by atoms with Crippen LogP contribution in [0, 0.1) is 13.8 Å². The molecule has 2 atom stereocenters. The van der Waals surface area contributed by atoms with Gasteiger partial charge >= 0.3 is 0 Å². The maximum atomic E-state index is 6.09. The smallest absolute Gasteiger partial charge is 0.0681 e. The van der Waals surface area contributed by atoms with Crippen LogP contribution in [0.2, 0.25) is 0 Å². The summed E-state index contributed by atoms with van der Waals surface area (Å²) in [5.74, 6) is 1.36. The van der Waals surface area contributed by atoms with Gasteiger partial charge < -0.3 is 4.74 Å². The molecule has 0 saturated heterocycles. The molecule has 29 heavy (non-hydrogen) atoms. The topological polar surface area (TPSA) is 9.23 Å². The van der Waals surface area contributed by atoms with E-state index in [0.717, 1.165) is 26.1 Å². The van der Waals surface area contributed by atoms with Gasteiger partial charge in [-0.3, -0.25) is 0 Å². The van der Waals surface area contributed by atoms with Gasteiger partial charge in [-0.2, -0.15) is 0 Å². The second-order valence-electron chi connectivity index (χ2n) is 8.98. The molecule has 0 heterocycles. The fraction of sp³-hybridized carbons (Fsp3) is 0.429. The van der Waals surface area contributed by atoms with E-state index in [2.05, 4.69) is 74.5 Å². The molecule has 1 nitrogen and oxygen atoms in total. The van der Waals surface area contributed by atoms with E-state index in [1.807, 2.05) is 0 Å². The van der Waals surface area contributed by atoms with E-state index in [-0.39, 0.29) is 0 Å². The van der Waals surface area contributed by atoms with E-state index >= 15 is 0 Å². The predicted molar refractivity (Wildman–Crippen MR) is 123 cm³/mol. The fourth-order valence-electron chi connectivity index (χ4n) is 4.64. The van der Waals surface area contributed by atoms with Crippen LogP contribution in [0.3, 0.4) is 0 Å². The van der Waals surface area contributed by atoms with E-state index < -0.39 is 0 Å². The van der Waals surface area contributed by atoms with Gasteiger partial charge in [-0.25, -0.2) is 0 Å². The average molecular weight is 387 g/mol. The van der Waals surface area contributed by atoms with Crippen molar-refractivity contribution in [2.75, 3.05) is 13.2 Å². The molecule has 2 unspecified atom stereocenters. The van der Waals surface area contributed by atoms with Gasteiger partial charge in [-0.05, 0) is 86.5 Å². The van der Waals surface area contributed by atoms with Crippen LogP contribution >= 0.6 is 0 Å². The van der Waals surface area contributed by atoms with Crippen molar-refractivity contribution in [2.24, 2.45) is 0 Å². The zero-order chi connectivity index (χ0) is 20.1. The summed E-state index contributed by atoms with van der Waals surface area (Å²) < 4.78 is 6.09. The van der Waals surface area contributed by atoms with Crippen LogP contribution in [0.4, 0.5) is 0 Å². The lowest BCUT2D eigenvalue weighted by Crippen LogP contribution is -2.11. The molecule has 2 aromatic rings. The molecule has 0 N–H and O–H groups in total. The highest BCUT2D eigenvalue weighted by molar-refractivity contribution is 5.28. The Hall–Kier alpha value is -2.12. The van der Waals surface area contributed by atoms with Crippen molar-refractivity contribution >= 4 is 0 Å². The Morgan fingerprint density at radius 3 is 1.41 bits per heavy atom. The number of rotatable bonds is 6. The lowest BCUT2D eigenvalue weighted by Gasteiger charge is -2.24. The van der Waals surface area contributed by atoms with Gasteiger partial charge in [0.2, 0.25) is 0 Å². The number of ether oxygens (including phenoxy) is 1. The molecule has 0 aromatic heterocycles. The highest BCUT2D eigenvalue weighted by atomic mass is 16.5. The molecule has 0 fully saturated rings. The highest BCUT2D eigenvalue weighted by Crippen LogP contribution is 2.34. The van der Waals surface area contributed by atoms with Gasteiger partial charge in [0.15, 0.2) is 0 Å². The number of hydrogen-bond donors (Lipinski definition) is 0. The summed E-state index contributed by atoms with van der Waals surface area (Å²) in [4.78, 5) is 0. The van der Waals surface area contributed by atoms with Crippen LogP contribution in [0.1, 0.15) is 72.6 Å². The van der Waals surface area contributed by atoms with Crippen molar-refractivity contribution in [2.45, 2.75) is 64.2 Å². The molecule has 2 aliphatic rings. The average Bonchev–Trinajstić information content (AvgIpc) is 2.76. The van der Waals surface area contributed by atoms with Gasteiger partial charge in [-0.15, -0.1) is 0 Å². The summed E-state index contributed by atoms with van der Waals surface area (Å²) >= 11 is 0. The maximum Gasteiger partial charge on any atom is 0.0681 e. The van der Waals surface area contributed by atoms with E-state index in [4.69, 9.17) is 4.74 Å². The third-order valence-corrected chi connectivity index (χ3v) is 6.68. The summed E-state index contributed by atoms with van der Waals surface area (Å²) in [5.41, 5.74) is 8.64. The number of allylic oxidation sites excluding steroid dienone is 2. The molecule has 0 spiro atoms. The summed E-state index contributed by atoms with van der Waals surface area (Å²) in [7, 11) is 0. The molecular formula is C28H34O. The Bertz CT molecular complexity index is 781. The molecule has 0 amide bonds. The fourth-order valence-corrected chi connectivity index (χ4v) is 4.64. The van der Waals surface area contributed by atoms with E-state index in [1.165, 1.54) is 59.1 Å². The quantitative estimate of drug-likeness (QED) is 0.470. The Kier molecular flexibility index (Phi) is 6.67. The van der Waals surface area contributed by atoms with Gasteiger partial charge in [0.05, 0.1) is 13.2 Å². The number of hydrogen-bond acceptors (Lipinski definition) is 1. The van der Waals surface area contributed by atoms with Crippen LogP contribution in [0.25, 0.3) is 0 Å². The molecule has 152 valence electrons. The molecule has 2 aliphatic carbocycles. The van der Waals surface area contributed by atoms with E-state index in [0.29, 0.717) is 11.8 Å². The predicted octanol–water partition coefficient (Wildman–Crippen LogP) is 7.41. The third kappa shape index (κ3) is 5.48. The second kappa shape index (κ2) is 9.59. The van der Waals surface area contributed by atoms with Gasteiger partial charge in [0.1, 0.15) is 0 Å². The van der Waals surface area contributed by atoms with Gasteiger partial charge in [0, 0.05) is 0 Å². The molecule has 0 aliphatic heterocycles. The van der Waals surface area contributed by atoms with Gasteiger partial charge in [-0.1, -0.05) is 71.8 Å². The molecule has 2 aromatic carbocycles. The Morgan fingerprint density at radius 1 is 0.655 bits per heavy atom. The first-order chi connectivity index (χ1) is 14.2. The summed E-state index contributed by atoms with van der Waals surface area (Å²) in [6.07, 6.45) is 12.0. The first kappa shape index (κ1) is 20.2. The van der Waals surface area contributed by atoms with Gasteiger partial charge in [0.25, 0.3) is 0 Å². The van der Waals surface area contributed by atoms with Crippen LogP contribution in [-0.4, -0.2) is 13.2 Å². The first-order valence-electron chi connectivity index (χ1n) is 11.2.